The summed E-state index contributed by atoms with van der Waals surface area (Å²) in [6.07, 6.45) is 4.45. The SMILES string of the molecule is C=CC[C@@H]1C[C@H](c2ccccc2)CCN1C(=O)OC(C)(C)C. The van der Waals surface area contributed by atoms with E-state index >= 15 is 0 Å². The molecule has 0 unspecified atom stereocenters. The Labute approximate surface area is 134 Å². The van der Waals surface area contributed by atoms with Crippen molar-refractivity contribution < 1.29 is 9.53 Å². The van der Waals surface area contributed by atoms with Gasteiger partial charge < -0.3 is 9.64 Å². The predicted octanol–water partition coefficient (Wildman–Crippen LogP) is 4.75. The van der Waals surface area contributed by atoms with Crippen LogP contribution >= 0.6 is 0 Å². The van der Waals surface area contributed by atoms with Crippen molar-refractivity contribution in [2.24, 2.45) is 0 Å². The topological polar surface area (TPSA) is 29.5 Å². The van der Waals surface area contributed by atoms with Gasteiger partial charge in [0, 0.05) is 12.6 Å². The van der Waals surface area contributed by atoms with Crippen LogP contribution < -0.4 is 0 Å². The Kier molecular flexibility index (Phi) is 5.28. The molecular formula is C19H27NO2. The fourth-order valence-corrected chi connectivity index (χ4v) is 3.06. The Balaban J connectivity index is 2.08. The van der Waals surface area contributed by atoms with Gasteiger partial charge in [0.25, 0.3) is 0 Å². The Hall–Kier alpha value is -1.77. The molecule has 1 aliphatic heterocycles. The average Bonchev–Trinajstić information content (AvgIpc) is 2.46. The molecule has 3 nitrogen and oxygen atoms in total. The highest BCUT2D eigenvalue weighted by Gasteiger charge is 2.33. The Bertz CT molecular complexity index is 504. The number of ether oxygens (including phenoxy) is 1. The quantitative estimate of drug-likeness (QED) is 0.754. The largest absolute Gasteiger partial charge is 0.444 e. The third-order valence-electron chi connectivity index (χ3n) is 4.05. The summed E-state index contributed by atoms with van der Waals surface area (Å²) < 4.78 is 5.55. The fraction of sp³-hybridized carbons (Fsp3) is 0.526. The van der Waals surface area contributed by atoms with Gasteiger partial charge in [-0.05, 0) is 51.5 Å². The molecule has 1 heterocycles. The van der Waals surface area contributed by atoms with Crippen LogP contribution in [0.25, 0.3) is 0 Å². The molecule has 22 heavy (non-hydrogen) atoms. The molecule has 1 amide bonds. The van der Waals surface area contributed by atoms with Crippen molar-refractivity contribution >= 4 is 6.09 Å². The monoisotopic (exact) mass is 301 g/mol. The average molecular weight is 301 g/mol. The number of amides is 1. The van der Waals surface area contributed by atoms with Gasteiger partial charge in [-0.2, -0.15) is 0 Å². The molecule has 3 heteroatoms. The molecule has 1 aromatic rings. The number of likely N-dealkylation sites (tertiary alicyclic amines) is 1. The first kappa shape index (κ1) is 16.6. The fourth-order valence-electron chi connectivity index (χ4n) is 3.06. The first-order chi connectivity index (χ1) is 10.4. The summed E-state index contributed by atoms with van der Waals surface area (Å²) >= 11 is 0. The molecule has 0 radical (unpaired) electrons. The molecule has 2 atom stereocenters. The van der Waals surface area contributed by atoms with Crippen LogP contribution in [0.1, 0.15) is 51.5 Å². The maximum absolute atomic E-state index is 12.4. The van der Waals surface area contributed by atoms with E-state index in [0.717, 1.165) is 25.8 Å². The Morgan fingerprint density at radius 2 is 2.05 bits per heavy atom. The molecule has 0 bridgehead atoms. The molecule has 1 aliphatic rings. The number of rotatable bonds is 3. The minimum Gasteiger partial charge on any atom is -0.444 e. The summed E-state index contributed by atoms with van der Waals surface area (Å²) in [5.74, 6) is 0.504. The maximum Gasteiger partial charge on any atom is 0.410 e. The minimum absolute atomic E-state index is 0.173. The predicted molar refractivity (Wildman–Crippen MR) is 90.0 cm³/mol. The highest BCUT2D eigenvalue weighted by molar-refractivity contribution is 5.68. The zero-order valence-electron chi connectivity index (χ0n) is 13.9. The van der Waals surface area contributed by atoms with Crippen LogP contribution in [-0.4, -0.2) is 29.2 Å². The van der Waals surface area contributed by atoms with Crippen LogP contribution in [-0.2, 0) is 4.74 Å². The van der Waals surface area contributed by atoms with Crippen molar-refractivity contribution in [3.63, 3.8) is 0 Å². The number of carbonyl (C=O) groups excluding carboxylic acids is 1. The smallest absolute Gasteiger partial charge is 0.410 e. The van der Waals surface area contributed by atoms with Gasteiger partial charge in [0.05, 0.1) is 0 Å². The first-order valence-corrected chi connectivity index (χ1v) is 8.06. The molecule has 120 valence electrons. The van der Waals surface area contributed by atoms with Crippen molar-refractivity contribution in [2.45, 2.75) is 57.6 Å². The van der Waals surface area contributed by atoms with Crippen LogP contribution in [0.5, 0.6) is 0 Å². The van der Waals surface area contributed by atoms with Gasteiger partial charge in [-0.25, -0.2) is 4.79 Å². The van der Waals surface area contributed by atoms with Crippen LogP contribution in [0.4, 0.5) is 4.79 Å². The van der Waals surface area contributed by atoms with E-state index in [9.17, 15) is 4.79 Å². The minimum atomic E-state index is -0.452. The van der Waals surface area contributed by atoms with Crippen molar-refractivity contribution in [1.29, 1.82) is 0 Å². The summed E-state index contributed by atoms with van der Waals surface area (Å²) in [6.45, 7) is 10.3. The summed E-state index contributed by atoms with van der Waals surface area (Å²) in [7, 11) is 0. The molecule has 0 aromatic heterocycles. The highest BCUT2D eigenvalue weighted by Crippen LogP contribution is 2.33. The van der Waals surface area contributed by atoms with Gasteiger partial charge in [-0.1, -0.05) is 36.4 Å². The van der Waals surface area contributed by atoms with Gasteiger partial charge in [0.2, 0.25) is 0 Å². The number of hydrogen-bond acceptors (Lipinski definition) is 2. The summed E-state index contributed by atoms with van der Waals surface area (Å²) in [5, 5.41) is 0. The summed E-state index contributed by atoms with van der Waals surface area (Å²) in [6, 6.07) is 10.7. The highest BCUT2D eigenvalue weighted by atomic mass is 16.6. The standard InChI is InChI=1S/C19H27NO2/c1-5-9-17-14-16(15-10-7-6-8-11-15)12-13-20(17)18(21)22-19(2,3)4/h5-8,10-11,16-17H,1,9,12-14H2,2-4H3/t16-,17-/m1/s1. The van der Waals surface area contributed by atoms with E-state index in [-0.39, 0.29) is 12.1 Å². The molecule has 0 N–H and O–H groups in total. The molecule has 1 fully saturated rings. The first-order valence-electron chi connectivity index (χ1n) is 8.06. The van der Waals surface area contributed by atoms with E-state index in [1.54, 1.807) is 0 Å². The van der Waals surface area contributed by atoms with Crippen LogP contribution in [0.2, 0.25) is 0 Å². The number of piperidine rings is 1. The molecule has 1 aromatic carbocycles. The van der Waals surface area contributed by atoms with E-state index in [2.05, 4.69) is 30.8 Å². The lowest BCUT2D eigenvalue weighted by Crippen LogP contribution is -2.47. The van der Waals surface area contributed by atoms with Crippen LogP contribution in [0, 0.1) is 0 Å². The summed E-state index contributed by atoms with van der Waals surface area (Å²) in [4.78, 5) is 14.3. The van der Waals surface area contributed by atoms with Gasteiger partial charge in [-0.15, -0.1) is 6.58 Å². The summed E-state index contributed by atoms with van der Waals surface area (Å²) in [5.41, 5.74) is 0.909. The second kappa shape index (κ2) is 6.99. The maximum atomic E-state index is 12.4. The van der Waals surface area contributed by atoms with Gasteiger partial charge >= 0.3 is 6.09 Å². The number of hydrogen-bond donors (Lipinski definition) is 0. The van der Waals surface area contributed by atoms with Gasteiger partial charge in [0.15, 0.2) is 0 Å². The second-order valence-electron chi connectivity index (χ2n) is 6.98. The number of nitrogens with zero attached hydrogens (tertiary/aromatic N) is 1. The van der Waals surface area contributed by atoms with Crippen LogP contribution in [0.15, 0.2) is 43.0 Å². The van der Waals surface area contributed by atoms with Gasteiger partial charge in [-0.3, -0.25) is 0 Å². The lowest BCUT2D eigenvalue weighted by Gasteiger charge is -2.40. The molecule has 0 aliphatic carbocycles. The third-order valence-corrected chi connectivity index (χ3v) is 4.05. The van der Waals surface area contributed by atoms with Crippen molar-refractivity contribution in [2.75, 3.05) is 6.54 Å². The Morgan fingerprint density at radius 1 is 1.36 bits per heavy atom. The lowest BCUT2D eigenvalue weighted by molar-refractivity contribution is 0.00843. The van der Waals surface area contributed by atoms with Crippen molar-refractivity contribution in [1.82, 2.24) is 4.90 Å². The van der Waals surface area contributed by atoms with E-state index in [0.29, 0.717) is 5.92 Å². The van der Waals surface area contributed by atoms with Crippen LogP contribution in [0.3, 0.4) is 0 Å². The molecule has 0 spiro atoms. The third kappa shape index (κ3) is 4.36. The normalized spacial score (nSPS) is 22.2. The van der Waals surface area contributed by atoms with Crippen molar-refractivity contribution in [3.05, 3.63) is 48.6 Å². The number of benzene rings is 1. The lowest BCUT2D eigenvalue weighted by atomic mass is 9.84. The second-order valence-corrected chi connectivity index (χ2v) is 6.98. The zero-order chi connectivity index (χ0) is 16.2. The molecule has 2 rings (SSSR count). The van der Waals surface area contributed by atoms with Gasteiger partial charge in [0.1, 0.15) is 5.60 Å². The Morgan fingerprint density at radius 3 is 2.64 bits per heavy atom. The van der Waals surface area contributed by atoms with E-state index < -0.39 is 5.60 Å². The van der Waals surface area contributed by atoms with E-state index in [1.807, 2.05) is 37.8 Å². The number of carbonyl (C=O) groups is 1. The molecule has 0 saturated carbocycles. The van der Waals surface area contributed by atoms with E-state index in [1.165, 1.54) is 5.56 Å². The molecular weight excluding hydrogens is 274 g/mol. The van der Waals surface area contributed by atoms with Crippen molar-refractivity contribution in [3.8, 4) is 0 Å². The zero-order valence-corrected chi connectivity index (χ0v) is 13.9. The molecule has 1 saturated heterocycles. The van der Waals surface area contributed by atoms with E-state index in [4.69, 9.17) is 4.74 Å².